The van der Waals surface area contributed by atoms with Crippen LogP contribution in [-0.2, 0) is 23.9 Å². The maximum absolute atomic E-state index is 13.0. The third-order valence-electron chi connectivity index (χ3n) is 10.0. The Labute approximate surface area is 188 Å². The summed E-state index contributed by atoms with van der Waals surface area (Å²) in [6.45, 7) is 7.46. The van der Waals surface area contributed by atoms with E-state index in [1.165, 1.54) is 19.4 Å². The van der Waals surface area contributed by atoms with Gasteiger partial charge in [-0.3, -0.25) is 9.59 Å². The summed E-state index contributed by atoms with van der Waals surface area (Å²) in [5, 5.41) is 12.8. The summed E-state index contributed by atoms with van der Waals surface area (Å²) in [7, 11) is 0. The molecule has 0 amide bonds. The average molecular weight is 444 g/mol. The molecule has 3 unspecified atom stereocenters. The monoisotopic (exact) mass is 443 g/mol. The fourth-order valence-electron chi connectivity index (χ4n) is 8.66. The highest BCUT2D eigenvalue weighted by Gasteiger charge is 2.75. The third-order valence-corrected chi connectivity index (χ3v) is 10.0. The van der Waals surface area contributed by atoms with Crippen molar-refractivity contribution < 1.29 is 29.1 Å². The van der Waals surface area contributed by atoms with Crippen LogP contribution in [0.2, 0.25) is 0 Å². The summed E-state index contributed by atoms with van der Waals surface area (Å²) in [6.07, 6.45) is 8.31. The van der Waals surface area contributed by atoms with Crippen LogP contribution in [0.25, 0.3) is 0 Å². The Bertz CT molecular complexity index is 954. The van der Waals surface area contributed by atoms with E-state index in [0.29, 0.717) is 18.3 Å². The van der Waals surface area contributed by atoms with Crippen LogP contribution in [0.5, 0.6) is 0 Å². The van der Waals surface area contributed by atoms with Gasteiger partial charge >= 0.3 is 11.9 Å². The van der Waals surface area contributed by atoms with Crippen LogP contribution in [0.3, 0.4) is 0 Å². The van der Waals surface area contributed by atoms with Gasteiger partial charge in [-0.25, -0.2) is 4.79 Å². The average Bonchev–Trinajstić information content (AvgIpc) is 3.16. The summed E-state index contributed by atoms with van der Waals surface area (Å²) < 4.78 is 11.4. The van der Waals surface area contributed by atoms with Gasteiger partial charge in [-0.2, -0.15) is 0 Å². The zero-order valence-corrected chi connectivity index (χ0v) is 19.3. The number of hydrogen-bond acceptors (Lipinski definition) is 7. The topological polar surface area (TPSA) is 102 Å². The lowest BCUT2D eigenvalue weighted by atomic mass is 9.46. The van der Waals surface area contributed by atoms with Gasteiger partial charge in [0.2, 0.25) is 0 Å². The predicted molar refractivity (Wildman–Crippen MR) is 115 cm³/mol. The van der Waals surface area contributed by atoms with Crippen LogP contribution in [0, 0.1) is 34.5 Å². The fourth-order valence-corrected chi connectivity index (χ4v) is 8.66. The van der Waals surface area contributed by atoms with Gasteiger partial charge in [-0.05, 0) is 68.6 Å². The first-order chi connectivity index (χ1) is 15.1. The molecule has 1 saturated heterocycles. The van der Waals surface area contributed by atoms with Crippen molar-refractivity contribution in [2.24, 2.45) is 39.7 Å². The van der Waals surface area contributed by atoms with E-state index in [1.54, 1.807) is 0 Å². The molecule has 0 spiro atoms. The molecule has 4 fully saturated rings. The molecule has 8 atom stereocenters. The Morgan fingerprint density at radius 3 is 2.59 bits per heavy atom. The van der Waals surface area contributed by atoms with Gasteiger partial charge in [-0.15, -0.1) is 0 Å². The molecule has 0 radical (unpaired) electrons. The van der Waals surface area contributed by atoms with E-state index in [-0.39, 0.29) is 34.9 Å². The standard InChI is InChI=1S/C25H33NO6/c1-13(27)25-20(21(26-30)22(29)32-25)12-19-17-6-5-15-11-16(31-14(2)28)7-9-23(15,3)18(17)8-10-24(19,25)4/h5,16-20,30H,6-12H2,1-4H3/b26-21-/t16-,17?,18?,19?,20-,23-,24-,25+/m0/s1. The molecule has 32 heavy (non-hydrogen) atoms. The summed E-state index contributed by atoms with van der Waals surface area (Å²) in [5.74, 6) is -0.427. The van der Waals surface area contributed by atoms with Crippen molar-refractivity contribution in [3.63, 3.8) is 0 Å². The van der Waals surface area contributed by atoms with Crippen molar-refractivity contribution in [3.8, 4) is 0 Å². The summed E-state index contributed by atoms with van der Waals surface area (Å²) in [6, 6.07) is 0. The SMILES string of the molecule is CC(=O)O[C@H]1CC[C@@]2(C)C(=CCC3C2CC[C@@]2(C)C3C[C@H]3/C(=N/O)C(=O)O[C@]32C(C)=O)C1. The maximum atomic E-state index is 13.0. The van der Waals surface area contributed by atoms with E-state index in [0.717, 1.165) is 38.5 Å². The zero-order valence-electron chi connectivity index (χ0n) is 19.3. The highest BCUT2D eigenvalue weighted by atomic mass is 16.6. The molecule has 7 heteroatoms. The van der Waals surface area contributed by atoms with Crippen LogP contribution in [0.4, 0.5) is 0 Å². The Morgan fingerprint density at radius 1 is 1.19 bits per heavy atom. The normalized spacial score (nSPS) is 48.1. The first-order valence-electron chi connectivity index (χ1n) is 11.9. The number of rotatable bonds is 2. The first kappa shape index (κ1) is 21.7. The van der Waals surface area contributed by atoms with Crippen molar-refractivity contribution in [2.75, 3.05) is 0 Å². The maximum Gasteiger partial charge on any atom is 0.357 e. The Hall–Kier alpha value is -2.18. The van der Waals surface area contributed by atoms with E-state index < -0.39 is 22.9 Å². The van der Waals surface area contributed by atoms with Crippen molar-refractivity contribution in [3.05, 3.63) is 11.6 Å². The molecule has 0 aromatic heterocycles. The minimum Gasteiger partial charge on any atom is -0.462 e. The molecular formula is C25H33NO6. The second-order valence-electron chi connectivity index (χ2n) is 11.1. The minimum atomic E-state index is -1.22. The molecule has 0 bridgehead atoms. The van der Waals surface area contributed by atoms with Gasteiger partial charge in [0.1, 0.15) is 6.10 Å². The van der Waals surface area contributed by atoms with Gasteiger partial charge in [0.15, 0.2) is 17.1 Å². The molecule has 4 aliphatic carbocycles. The number of carbonyl (C=O) groups is 3. The van der Waals surface area contributed by atoms with Gasteiger partial charge in [0.25, 0.3) is 0 Å². The smallest absolute Gasteiger partial charge is 0.357 e. The molecule has 5 aliphatic rings. The molecule has 0 aromatic carbocycles. The lowest BCUT2D eigenvalue weighted by Gasteiger charge is -2.58. The number of nitrogens with zero attached hydrogens (tertiary/aromatic N) is 1. The zero-order chi connectivity index (χ0) is 23.1. The number of fused-ring (bicyclic) bond motifs is 7. The number of ether oxygens (including phenoxy) is 2. The first-order valence-corrected chi connectivity index (χ1v) is 11.9. The molecule has 1 heterocycles. The molecule has 7 nitrogen and oxygen atoms in total. The van der Waals surface area contributed by atoms with E-state index >= 15 is 0 Å². The molecule has 5 rings (SSSR count). The number of hydrogen-bond donors (Lipinski definition) is 1. The highest BCUT2D eigenvalue weighted by molar-refractivity contribution is 6.40. The number of oxime groups is 1. The molecule has 1 aliphatic heterocycles. The number of allylic oxidation sites excluding steroid dienone is 1. The van der Waals surface area contributed by atoms with Crippen LogP contribution in [0.1, 0.15) is 72.6 Å². The second-order valence-corrected chi connectivity index (χ2v) is 11.1. The van der Waals surface area contributed by atoms with Gasteiger partial charge in [-0.1, -0.05) is 30.7 Å². The number of carbonyl (C=O) groups excluding carboxylic acids is 3. The number of esters is 2. The van der Waals surface area contributed by atoms with Crippen molar-refractivity contribution in [1.29, 1.82) is 0 Å². The molecule has 0 aromatic rings. The van der Waals surface area contributed by atoms with Crippen LogP contribution in [0.15, 0.2) is 16.8 Å². The summed E-state index contributed by atoms with van der Waals surface area (Å²) >= 11 is 0. The number of Topliss-reactive ketones (excluding diaryl/α,β-unsaturated/α-hetero) is 1. The van der Waals surface area contributed by atoms with Crippen molar-refractivity contribution >= 4 is 23.4 Å². The molecule has 1 N–H and O–H groups in total. The van der Waals surface area contributed by atoms with E-state index in [9.17, 15) is 19.6 Å². The predicted octanol–water partition coefficient (Wildman–Crippen LogP) is 3.82. The fraction of sp³-hybridized carbons (Fsp3) is 0.760. The lowest BCUT2D eigenvalue weighted by molar-refractivity contribution is -0.179. The van der Waals surface area contributed by atoms with Crippen molar-refractivity contribution in [2.45, 2.75) is 84.3 Å². The Balaban J connectivity index is 1.50. The molecule has 3 saturated carbocycles. The van der Waals surface area contributed by atoms with Gasteiger partial charge in [0, 0.05) is 18.8 Å². The van der Waals surface area contributed by atoms with Crippen LogP contribution < -0.4 is 0 Å². The Morgan fingerprint density at radius 2 is 1.94 bits per heavy atom. The van der Waals surface area contributed by atoms with E-state index in [1.807, 2.05) is 0 Å². The van der Waals surface area contributed by atoms with Gasteiger partial charge < -0.3 is 14.7 Å². The summed E-state index contributed by atoms with van der Waals surface area (Å²) in [5.41, 5.74) is -0.217. The van der Waals surface area contributed by atoms with Crippen LogP contribution in [-0.4, -0.2) is 40.3 Å². The van der Waals surface area contributed by atoms with Crippen molar-refractivity contribution in [1.82, 2.24) is 0 Å². The minimum absolute atomic E-state index is 0.00696. The molecule has 174 valence electrons. The van der Waals surface area contributed by atoms with Crippen LogP contribution >= 0.6 is 0 Å². The van der Waals surface area contributed by atoms with E-state index in [4.69, 9.17) is 9.47 Å². The molecular weight excluding hydrogens is 410 g/mol. The summed E-state index contributed by atoms with van der Waals surface area (Å²) in [4.78, 5) is 37.0. The third kappa shape index (κ3) is 2.54. The van der Waals surface area contributed by atoms with Gasteiger partial charge in [0.05, 0.1) is 5.92 Å². The lowest BCUT2D eigenvalue weighted by Crippen LogP contribution is -2.58. The second kappa shape index (κ2) is 6.91. The van der Waals surface area contributed by atoms with E-state index in [2.05, 4.69) is 25.1 Å². The largest absolute Gasteiger partial charge is 0.462 e. The quantitative estimate of drug-likeness (QED) is 0.301. The Kier molecular flexibility index (Phi) is 4.68. The number of ketones is 1. The highest BCUT2D eigenvalue weighted by Crippen LogP contribution is 2.70.